The largest absolute Gasteiger partial charge is 0.352 e. The molecule has 2 heterocycles. The van der Waals surface area contributed by atoms with Crippen LogP contribution in [0.2, 0.25) is 0 Å². The first kappa shape index (κ1) is 29.6. The number of nitrogens with one attached hydrogen (secondary N) is 4. The van der Waals surface area contributed by atoms with E-state index in [1.807, 2.05) is 36.4 Å². The number of aromatic amines is 2. The highest BCUT2D eigenvalue weighted by Crippen LogP contribution is 2.36. The molecule has 0 saturated heterocycles. The minimum atomic E-state index is -0.499. The molecule has 0 aliphatic rings. The third kappa shape index (κ3) is 5.61. The average molecular weight is 637 g/mol. The van der Waals surface area contributed by atoms with Crippen LogP contribution in [0.5, 0.6) is 0 Å². The van der Waals surface area contributed by atoms with Crippen molar-refractivity contribution in [2.75, 3.05) is 10.6 Å². The minimum absolute atomic E-state index is 0.0602. The van der Waals surface area contributed by atoms with Gasteiger partial charge in [0.15, 0.2) is 0 Å². The lowest BCUT2D eigenvalue weighted by Crippen LogP contribution is -2.07. The van der Waals surface area contributed by atoms with Gasteiger partial charge in [0.2, 0.25) is 11.8 Å². The number of anilines is 2. The van der Waals surface area contributed by atoms with Crippen molar-refractivity contribution in [2.45, 2.75) is 0 Å². The summed E-state index contributed by atoms with van der Waals surface area (Å²) in [7, 11) is 0. The summed E-state index contributed by atoms with van der Waals surface area (Å²) < 4.78 is 0. The Kier molecular flexibility index (Phi) is 7.42. The lowest BCUT2D eigenvalue weighted by molar-refractivity contribution is -0.385. The van der Waals surface area contributed by atoms with Crippen molar-refractivity contribution in [2.24, 2.45) is 0 Å². The molecule has 0 saturated carbocycles. The van der Waals surface area contributed by atoms with Gasteiger partial charge in [0, 0.05) is 69.3 Å². The number of carbonyl (C=O) groups is 2. The zero-order valence-corrected chi connectivity index (χ0v) is 24.9. The highest BCUT2D eigenvalue weighted by molar-refractivity contribution is 6.23. The molecular formula is C36H24N6O6. The van der Waals surface area contributed by atoms with Crippen LogP contribution in [0.15, 0.2) is 109 Å². The molecule has 0 fully saturated rings. The van der Waals surface area contributed by atoms with E-state index in [0.29, 0.717) is 11.4 Å². The highest BCUT2D eigenvalue weighted by atomic mass is 16.6. The number of amides is 2. The number of H-pyrrole nitrogens is 2. The van der Waals surface area contributed by atoms with E-state index < -0.39 is 9.85 Å². The number of nitro groups is 2. The predicted octanol–water partition coefficient (Wildman–Crippen LogP) is 8.08. The van der Waals surface area contributed by atoms with E-state index in [1.54, 1.807) is 12.2 Å². The Balaban J connectivity index is 1.17. The lowest BCUT2D eigenvalue weighted by Gasteiger charge is -2.02. The molecule has 2 amide bonds. The molecule has 0 bridgehead atoms. The zero-order valence-electron chi connectivity index (χ0n) is 24.9. The molecule has 4 N–H and O–H groups in total. The number of fused-ring (bicyclic) bond motifs is 7. The summed E-state index contributed by atoms with van der Waals surface area (Å²) in [5, 5.41) is 31.2. The molecule has 0 unspecified atom stereocenters. The Morgan fingerprint density at radius 1 is 0.521 bits per heavy atom. The van der Waals surface area contributed by atoms with Crippen LogP contribution in [0.25, 0.3) is 55.8 Å². The first-order chi connectivity index (χ1) is 23.2. The van der Waals surface area contributed by atoms with Gasteiger partial charge in [-0.05, 0) is 47.5 Å². The van der Waals surface area contributed by atoms with Crippen molar-refractivity contribution in [3.05, 3.63) is 141 Å². The summed E-state index contributed by atoms with van der Waals surface area (Å²) in [5.74, 6) is -0.756. The number of carbonyl (C=O) groups excluding carboxylic acids is 2. The summed E-state index contributed by atoms with van der Waals surface area (Å²) >= 11 is 0. The number of nitro benzene ring substituents is 2. The quantitative estimate of drug-likeness (QED) is 0.0744. The van der Waals surface area contributed by atoms with Gasteiger partial charge in [-0.15, -0.1) is 0 Å². The summed E-state index contributed by atoms with van der Waals surface area (Å²) in [6.07, 6.45) is 6.25. The first-order valence-electron chi connectivity index (χ1n) is 14.7. The fraction of sp³-hybridized carbons (Fsp3) is 0. The molecule has 7 aromatic rings. The Morgan fingerprint density at radius 2 is 0.896 bits per heavy atom. The van der Waals surface area contributed by atoms with E-state index >= 15 is 0 Å². The number of aromatic nitrogens is 2. The average Bonchev–Trinajstić information content (AvgIpc) is 3.66. The first-order valence-corrected chi connectivity index (χ1v) is 14.7. The Bertz CT molecular complexity index is 2320. The highest BCUT2D eigenvalue weighted by Gasteiger charge is 2.15. The molecule has 7 rings (SSSR count). The van der Waals surface area contributed by atoms with Gasteiger partial charge in [0.1, 0.15) is 0 Å². The second kappa shape index (κ2) is 12.0. The van der Waals surface area contributed by atoms with Gasteiger partial charge in [0.05, 0.1) is 31.9 Å². The summed E-state index contributed by atoms with van der Waals surface area (Å²) in [5.41, 5.74) is 5.84. The smallest absolute Gasteiger partial charge is 0.269 e. The molecule has 0 aliphatic carbocycles. The van der Waals surface area contributed by atoms with Gasteiger partial charge in [-0.2, -0.15) is 0 Å². The number of hydrogen-bond acceptors (Lipinski definition) is 6. The van der Waals surface area contributed by atoms with Gasteiger partial charge in [-0.1, -0.05) is 48.5 Å². The van der Waals surface area contributed by atoms with Crippen molar-refractivity contribution in [3.63, 3.8) is 0 Å². The summed E-state index contributed by atoms with van der Waals surface area (Å²) in [6.45, 7) is 0. The van der Waals surface area contributed by atoms with Crippen LogP contribution in [0.1, 0.15) is 11.1 Å². The van der Waals surface area contributed by atoms with E-state index in [-0.39, 0.29) is 23.2 Å². The zero-order chi connectivity index (χ0) is 33.4. The van der Waals surface area contributed by atoms with Gasteiger partial charge in [0.25, 0.3) is 11.4 Å². The third-order valence-corrected chi connectivity index (χ3v) is 8.00. The van der Waals surface area contributed by atoms with Crippen LogP contribution in [0, 0.1) is 20.2 Å². The van der Waals surface area contributed by atoms with E-state index in [1.165, 1.54) is 60.7 Å². The molecule has 12 heteroatoms. The Labute approximate surface area is 270 Å². The van der Waals surface area contributed by atoms with Gasteiger partial charge < -0.3 is 20.6 Å². The molecule has 234 valence electrons. The van der Waals surface area contributed by atoms with Crippen LogP contribution < -0.4 is 10.6 Å². The van der Waals surface area contributed by atoms with Gasteiger partial charge in [-0.3, -0.25) is 29.8 Å². The van der Waals surface area contributed by atoms with Crippen LogP contribution in [0.3, 0.4) is 0 Å². The van der Waals surface area contributed by atoms with E-state index in [9.17, 15) is 29.8 Å². The number of benzene rings is 5. The maximum absolute atomic E-state index is 12.6. The van der Waals surface area contributed by atoms with Crippen molar-refractivity contribution >= 4 is 90.3 Å². The number of para-hydroxylation sites is 2. The van der Waals surface area contributed by atoms with Crippen LogP contribution in [-0.2, 0) is 9.59 Å². The fourth-order valence-electron chi connectivity index (χ4n) is 5.74. The molecule has 0 atom stereocenters. The maximum atomic E-state index is 12.6. The second-order valence-electron chi connectivity index (χ2n) is 11.0. The normalized spacial score (nSPS) is 11.7. The summed E-state index contributed by atoms with van der Waals surface area (Å²) in [4.78, 5) is 53.2. The van der Waals surface area contributed by atoms with Gasteiger partial charge in [-0.25, -0.2) is 0 Å². The molecular weight excluding hydrogens is 612 g/mol. The number of non-ortho nitro benzene ring substituents is 2. The molecule has 5 aromatic carbocycles. The molecule has 0 spiro atoms. The number of hydrogen-bond donors (Lipinski definition) is 4. The predicted molar refractivity (Wildman–Crippen MR) is 187 cm³/mol. The van der Waals surface area contributed by atoms with Crippen LogP contribution >= 0.6 is 0 Å². The van der Waals surface area contributed by atoms with Crippen molar-refractivity contribution < 1.29 is 19.4 Å². The Morgan fingerprint density at radius 3 is 1.27 bits per heavy atom. The molecule has 48 heavy (non-hydrogen) atoms. The van der Waals surface area contributed by atoms with Crippen LogP contribution in [-0.4, -0.2) is 31.6 Å². The van der Waals surface area contributed by atoms with Crippen molar-refractivity contribution in [3.8, 4) is 0 Å². The SMILES string of the molecule is O=C(/C=C/c1cccc2c1[nH]c1c2ccc2c3cccc(/C=C/C(=O)Nc4ccc([N+](=O)[O-])cc4)c3[nH]c21)Nc1ccc([N+](=O)[O-])cc1. The second-order valence-corrected chi connectivity index (χ2v) is 11.0. The van der Waals surface area contributed by atoms with E-state index in [2.05, 4.69) is 32.7 Å². The lowest BCUT2D eigenvalue weighted by atomic mass is 10.1. The monoisotopic (exact) mass is 636 g/mol. The van der Waals surface area contributed by atoms with Crippen molar-refractivity contribution in [1.29, 1.82) is 0 Å². The van der Waals surface area contributed by atoms with E-state index in [4.69, 9.17) is 0 Å². The fourth-order valence-corrected chi connectivity index (χ4v) is 5.74. The third-order valence-electron chi connectivity index (χ3n) is 8.00. The molecule has 0 radical (unpaired) electrons. The standard InChI is InChI=1S/C36H24N6O6/c43-31(37-23-9-13-25(14-10-23)41(45)46)19-7-21-3-1-5-27-29-17-18-30-28-6-2-4-22(34(28)40-36(30)35(29)39-33(21)27)8-20-32(44)38-24-11-15-26(16-12-24)42(47)48/h1-20,39-40H,(H,37,43)(H,38,44)/b19-7+,20-8+. The number of rotatable bonds is 8. The summed E-state index contributed by atoms with van der Waals surface area (Å²) in [6, 6.07) is 27.0. The van der Waals surface area contributed by atoms with Crippen molar-refractivity contribution in [1.82, 2.24) is 9.97 Å². The van der Waals surface area contributed by atoms with E-state index in [0.717, 1.165) is 54.7 Å². The minimum Gasteiger partial charge on any atom is -0.352 e. The van der Waals surface area contributed by atoms with Gasteiger partial charge >= 0.3 is 0 Å². The van der Waals surface area contributed by atoms with Crippen LogP contribution in [0.4, 0.5) is 22.7 Å². The molecule has 2 aromatic heterocycles. The Hall–Kier alpha value is -7.08. The molecule has 12 nitrogen and oxygen atoms in total. The topological polar surface area (TPSA) is 176 Å². The number of nitrogens with zero attached hydrogens (tertiary/aromatic N) is 2. The maximum Gasteiger partial charge on any atom is 0.269 e. The molecule has 0 aliphatic heterocycles.